The molecule has 0 aromatic heterocycles. The van der Waals surface area contributed by atoms with Crippen molar-refractivity contribution in [3.63, 3.8) is 0 Å². The van der Waals surface area contributed by atoms with E-state index >= 15 is 0 Å². The van der Waals surface area contributed by atoms with Crippen LogP contribution in [0.4, 0.5) is 4.79 Å². The van der Waals surface area contributed by atoms with Crippen LogP contribution in [0.25, 0.3) is 0 Å². The second-order valence-corrected chi connectivity index (χ2v) is 8.57. The van der Waals surface area contributed by atoms with Crippen molar-refractivity contribution in [1.29, 1.82) is 0 Å². The predicted octanol–water partition coefficient (Wildman–Crippen LogP) is 3.26. The van der Waals surface area contributed by atoms with Gasteiger partial charge >= 0.3 is 6.09 Å². The van der Waals surface area contributed by atoms with Crippen molar-refractivity contribution in [3.8, 4) is 0 Å². The van der Waals surface area contributed by atoms with Gasteiger partial charge in [-0.05, 0) is 52.2 Å². The van der Waals surface area contributed by atoms with Crippen LogP contribution in [0.5, 0.6) is 0 Å². The van der Waals surface area contributed by atoms with Crippen molar-refractivity contribution in [1.82, 2.24) is 10.2 Å². The van der Waals surface area contributed by atoms with Crippen LogP contribution in [-0.2, 0) is 4.74 Å². The Morgan fingerprint density at radius 2 is 2.10 bits per heavy atom. The Morgan fingerprint density at radius 3 is 2.76 bits per heavy atom. The lowest BCUT2D eigenvalue weighted by Crippen LogP contribution is -2.50. The van der Waals surface area contributed by atoms with Crippen LogP contribution in [0, 0.1) is 0 Å². The molecule has 2 heterocycles. The topological polar surface area (TPSA) is 41.6 Å². The van der Waals surface area contributed by atoms with Crippen molar-refractivity contribution >= 4 is 17.9 Å². The van der Waals surface area contributed by atoms with Gasteiger partial charge in [0.25, 0.3) is 0 Å². The van der Waals surface area contributed by atoms with E-state index < -0.39 is 5.60 Å². The van der Waals surface area contributed by atoms with Crippen LogP contribution in [0.2, 0.25) is 0 Å². The van der Waals surface area contributed by atoms with E-state index in [0.717, 1.165) is 37.7 Å². The van der Waals surface area contributed by atoms with E-state index in [0.29, 0.717) is 6.04 Å². The number of rotatable bonds is 3. The molecule has 0 aliphatic carbocycles. The quantitative estimate of drug-likeness (QED) is 0.868. The highest BCUT2D eigenvalue weighted by Gasteiger charge is 2.27. The highest BCUT2D eigenvalue weighted by molar-refractivity contribution is 7.99. The highest BCUT2D eigenvalue weighted by atomic mass is 32.2. The van der Waals surface area contributed by atoms with Crippen LogP contribution in [0.3, 0.4) is 0 Å². The van der Waals surface area contributed by atoms with Gasteiger partial charge in [-0.3, -0.25) is 0 Å². The smallest absolute Gasteiger partial charge is 0.410 e. The molecule has 0 saturated carbocycles. The van der Waals surface area contributed by atoms with Gasteiger partial charge in [0.05, 0.1) is 0 Å². The minimum Gasteiger partial charge on any atom is -0.444 e. The van der Waals surface area contributed by atoms with E-state index in [1.165, 1.54) is 25.0 Å². The van der Waals surface area contributed by atoms with Gasteiger partial charge in [-0.2, -0.15) is 11.8 Å². The molecule has 0 aromatic carbocycles. The van der Waals surface area contributed by atoms with Gasteiger partial charge in [-0.1, -0.05) is 6.42 Å². The second kappa shape index (κ2) is 7.73. The molecular weight excluding hydrogens is 284 g/mol. The molecule has 2 saturated heterocycles. The number of carbonyl (C=O) groups is 1. The molecule has 0 aromatic rings. The number of piperidine rings is 1. The summed E-state index contributed by atoms with van der Waals surface area (Å²) in [6.45, 7) is 8.45. The highest BCUT2D eigenvalue weighted by Crippen LogP contribution is 2.24. The SMILES string of the molecule is CC(C)(C)OC(=O)N1CCCC(NCC2CCCCS2)C1. The van der Waals surface area contributed by atoms with Crippen LogP contribution in [0.15, 0.2) is 0 Å². The van der Waals surface area contributed by atoms with Gasteiger partial charge in [0, 0.05) is 30.9 Å². The average Bonchev–Trinajstić information content (AvgIpc) is 2.45. The molecule has 2 unspecified atom stereocenters. The van der Waals surface area contributed by atoms with Crippen molar-refractivity contribution in [2.75, 3.05) is 25.4 Å². The van der Waals surface area contributed by atoms with Gasteiger partial charge in [0.15, 0.2) is 0 Å². The molecule has 1 amide bonds. The van der Waals surface area contributed by atoms with Crippen molar-refractivity contribution in [3.05, 3.63) is 0 Å². The van der Waals surface area contributed by atoms with Crippen molar-refractivity contribution in [2.24, 2.45) is 0 Å². The van der Waals surface area contributed by atoms with Crippen LogP contribution >= 0.6 is 11.8 Å². The number of thioether (sulfide) groups is 1. The zero-order chi connectivity index (χ0) is 15.3. The largest absolute Gasteiger partial charge is 0.444 e. The molecule has 2 fully saturated rings. The molecule has 0 bridgehead atoms. The zero-order valence-electron chi connectivity index (χ0n) is 13.7. The maximum absolute atomic E-state index is 12.1. The summed E-state index contributed by atoms with van der Waals surface area (Å²) in [5, 5.41) is 4.43. The summed E-state index contributed by atoms with van der Waals surface area (Å²) in [5.74, 6) is 1.31. The Bertz CT molecular complexity index is 338. The van der Waals surface area contributed by atoms with Crippen LogP contribution in [-0.4, -0.2) is 53.3 Å². The minimum atomic E-state index is -0.407. The molecule has 2 atom stereocenters. The molecular formula is C16H30N2O2S. The van der Waals surface area contributed by atoms with E-state index in [-0.39, 0.29) is 6.09 Å². The third-order valence-electron chi connectivity index (χ3n) is 3.98. The fourth-order valence-electron chi connectivity index (χ4n) is 2.90. The molecule has 2 rings (SSSR count). The fraction of sp³-hybridized carbons (Fsp3) is 0.938. The molecule has 21 heavy (non-hydrogen) atoms. The van der Waals surface area contributed by atoms with E-state index in [9.17, 15) is 4.79 Å². The maximum atomic E-state index is 12.1. The molecule has 2 aliphatic heterocycles. The first-order valence-corrected chi connectivity index (χ1v) is 9.32. The summed E-state index contributed by atoms with van der Waals surface area (Å²) in [6.07, 6.45) is 6.14. The molecule has 5 heteroatoms. The monoisotopic (exact) mass is 314 g/mol. The Morgan fingerprint density at radius 1 is 1.29 bits per heavy atom. The normalized spacial score (nSPS) is 27.5. The summed E-state index contributed by atoms with van der Waals surface area (Å²) in [7, 11) is 0. The lowest BCUT2D eigenvalue weighted by atomic mass is 10.1. The minimum absolute atomic E-state index is 0.166. The standard InChI is InChI=1S/C16H30N2O2S/c1-16(2,3)20-15(19)18-9-6-7-13(12-18)17-11-14-8-4-5-10-21-14/h13-14,17H,4-12H2,1-3H3. The zero-order valence-corrected chi connectivity index (χ0v) is 14.5. The predicted molar refractivity (Wildman–Crippen MR) is 88.9 cm³/mol. The summed E-state index contributed by atoms with van der Waals surface area (Å²) < 4.78 is 5.48. The van der Waals surface area contributed by atoms with Crippen molar-refractivity contribution in [2.45, 2.75) is 69.8 Å². The van der Waals surface area contributed by atoms with E-state index in [2.05, 4.69) is 17.1 Å². The number of nitrogens with zero attached hydrogens (tertiary/aromatic N) is 1. The third kappa shape index (κ3) is 6.07. The molecule has 2 aliphatic rings. The van der Waals surface area contributed by atoms with E-state index in [4.69, 9.17) is 4.74 Å². The first kappa shape index (κ1) is 16.9. The van der Waals surface area contributed by atoms with Crippen LogP contribution < -0.4 is 5.32 Å². The Labute approximate surface area is 133 Å². The first-order valence-electron chi connectivity index (χ1n) is 8.27. The van der Waals surface area contributed by atoms with Gasteiger partial charge in [0.1, 0.15) is 5.60 Å². The van der Waals surface area contributed by atoms with Gasteiger partial charge in [-0.25, -0.2) is 4.79 Å². The summed E-state index contributed by atoms with van der Waals surface area (Å²) in [4.78, 5) is 14.0. The average molecular weight is 314 g/mol. The molecule has 0 spiro atoms. The molecule has 0 radical (unpaired) electrons. The second-order valence-electron chi connectivity index (χ2n) is 7.16. The Balaban J connectivity index is 1.73. The number of likely N-dealkylation sites (tertiary alicyclic amines) is 1. The Kier molecular flexibility index (Phi) is 6.23. The number of amides is 1. The summed E-state index contributed by atoms with van der Waals surface area (Å²) in [6, 6.07) is 0.425. The van der Waals surface area contributed by atoms with Crippen LogP contribution in [0.1, 0.15) is 52.9 Å². The van der Waals surface area contributed by atoms with E-state index in [1.807, 2.05) is 25.7 Å². The number of nitrogens with one attached hydrogen (secondary N) is 1. The fourth-order valence-corrected chi connectivity index (χ4v) is 4.15. The Hall–Kier alpha value is -0.420. The number of hydrogen-bond donors (Lipinski definition) is 1. The van der Waals surface area contributed by atoms with Gasteiger partial charge in [0.2, 0.25) is 0 Å². The first-order chi connectivity index (χ1) is 9.94. The van der Waals surface area contributed by atoms with Gasteiger partial charge in [-0.15, -0.1) is 0 Å². The van der Waals surface area contributed by atoms with Crippen molar-refractivity contribution < 1.29 is 9.53 Å². The lowest BCUT2D eigenvalue weighted by Gasteiger charge is -2.35. The number of carbonyl (C=O) groups excluding carboxylic acids is 1. The summed E-state index contributed by atoms with van der Waals surface area (Å²) >= 11 is 2.10. The van der Waals surface area contributed by atoms with E-state index in [1.54, 1.807) is 0 Å². The third-order valence-corrected chi connectivity index (χ3v) is 5.38. The summed E-state index contributed by atoms with van der Waals surface area (Å²) in [5.41, 5.74) is -0.407. The maximum Gasteiger partial charge on any atom is 0.410 e. The molecule has 1 N–H and O–H groups in total. The lowest BCUT2D eigenvalue weighted by molar-refractivity contribution is 0.0188. The molecule has 122 valence electrons. The van der Waals surface area contributed by atoms with Gasteiger partial charge < -0.3 is 15.0 Å². The molecule has 4 nitrogen and oxygen atoms in total. The number of ether oxygens (including phenoxy) is 1. The number of hydrogen-bond acceptors (Lipinski definition) is 4.